The van der Waals surface area contributed by atoms with Gasteiger partial charge in [0.1, 0.15) is 37.6 Å². The molecular formula is C44H41Cl3N2O18. The molecule has 0 bridgehead atoms. The minimum atomic E-state index is -2.58. The van der Waals surface area contributed by atoms with Gasteiger partial charge in [-0.05, 0) is 36.4 Å². The summed E-state index contributed by atoms with van der Waals surface area (Å²) in [6, 6.07) is 18.7. The van der Waals surface area contributed by atoms with Crippen molar-refractivity contribution in [1.82, 2.24) is 4.90 Å². The lowest BCUT2D eigenvalue weighted by Gasteiger charge is -2.50. The van der Waals surface area contributed by atoms with Crippen molar-refractivity contribution in [2.75, 3.05) is 13.2 Å². The van der Waals surface area contributed by atoms with Crippen molar-refractivity contribution in [2.45, 2.75) is 92.8 Å². The highest BCUT2D eigenvalue weighted by atomic mass is 35.6. The summed E-state index contributed by atoms with van der Waals surface area (Å²) >= 11 is 18.1. The molecule has 2 amide bonds. The number of fused-ring (bicyclic) bond motifs is 1. The van der Waals surface area contributed by atoms with E-state index in [0.29, 0.717) is 4.90 Å². The first-order valence-electron chi connectivity index (χ1n) is 20.1. The van der Waals surface area contributed by atoms with Gasteiger partial charge in [0, 0.05) is 27.7 Å². The van der Waals surface area contributed by atoms with Gasteiger partial charge in [-0.1, -0.05) is 83.3 Å². The Morgan fingerprint density at radius 3 is 1.49 bits per heavy atom. The Morgan fingerprint density at radius 2 is 1.00 bits per heavy atom. The average Bonchev–Trinajstić information content (AvgIpc) is 3.52. The SMILES string of the molecule is CC(=O)OC[C@H]1O[C@@H](O[C@H]2[C@@H](OC(C)=O)[C@@H](COC(=O)c3ccccc3)O[C@@H](OC(=N)C(Cl)(Cl)Cl)[C@@H]2OC(=O)c2ccccc2)[C@H](N2C(=O)c3ccccc3C2=O)[C@@H](OC(C)=O)[C@H]1OC(C)=O. The molecule has 6 rings (SSSR count). The van der Waals surface area contributed by atoms with E-state index in [4.69, 9.17) is 87.6 Å². The second-order valence-electron chi connectivity index (χ2n) is 14.9. The van der Waals surface area contributed by atoms with Crippen LogP contribution in [0.4, 0.5) is 0 Å². The molecule has 0 radical (unpaired) electrons. The van der Waals surface area contributed by atoms with Crippen LogP contribution >= 0.6 is 34.8 Å². The molecule has 0 unspecified atom stereocenters. The molecule has 3 aromatic rings. The molecular weight excluding hydrogens is 951 g/mol. The molecule has 2 fully saturated rings. The molecule has 1 N–H and O–H groups in total. The van der Waals surface area contributed by atoms with Crippen LogP contribution in [0.5, 0.6) is 0 Å². The third kappa shape index (κ3) is 12.1. The molecule has 0 aliphatic carbocycles. The van der Waals surface area contributed by atoms with Gasteiger partial charge in [-0.25, -0.2) is 9.59 Å². The second-order valence-corrected chi connectivity index (χ2v) is 17.2. The summed E-state index contributed by atoms with van der Waals surface area (Å²) in [6.07, 6.45) is -17.0. The van der Waals surface area contributed by atoms with Gasteiger partial charge < -0.3 is 47.4 Å². The van der Waals surface area contributed by atoms with E-state index < -0.39 is 132 Å². The quantitative estimate of drug-likeness (QED) is 0.0590. The number of alkyl halides is 3. The van der Waals surface area contributed by atoms with E-state index in [1.54, 1.807) is 24.3 Å². The number of benzene rings is 3. The number of carbonyl (C=O) groups excluding carboxylic acids is 8. The number of esters is 6. The molecule has 356 valence electrons. The maximum atomic E-state index is 14.4. The van der Waals surface area contributed by atoms with Crippen molar-refractivity contribution in [3.8, 4) is 0 Å². The normalized spacial score (nSPS) is 25.7. The summed E-state index contributed by atoms with van der Waals surface area (Å²) in [6.45, 7) is 2.53. The number of nitrogens with one attached hydrogen (secondary N) is 1. The monoisotopic (exact) mass is 990 g/mol. The van der Waals surface area contributed by atoms with Crippen LogP contribution in [0.3, 0.4) is 0 Å². The molecule has 0 spiro atoms. The summed E-state index contributed by atoms with van der Waals surface area (Å²) in [5.74, 6) is -8.82. The van der Waals surface area contributed by atoms with Crippen molar-refractivity contribution in [1.29, 1.82) is 5.41 Å². The van der Waals surface area contributed by atoms with Gasteiger partial charge in [0.25, 0.3) is 15.6 Å². The van der Waals surface area contributed by atoms with Crippen LogP contribution in [-0.2, 0) is 66.5 Å². The van der Waals surface area contributed by atoms with E-state index in [1.807, 2.05) is 0 Å². The zero-order valence-electron chi connectivity index (χ0n) is 35.7. The minimum Gasteiger partial charge on any atom is -0.463 e. The molecule has 3 aliphatic heterocycles. The number of nitrogens with zero attached hydrogens (tertiary/aromatic N) is 1. The number of carbonyl (C=O) groups is 8. The van der Waals surface area contributed by atoms with Crippen molar-refractivity contribution >= 4 is 88.3 Å². The lowest BCUT2D eigenvalue weighted by Crippen LogP contribution is -2.70. The third-order valence-electron chi connectivity index (χ3n) is 10.1. The summed E-state index contributed by atoms with van der Waals surface area (Å²) in [5, 5.41) is 8.49. The van der Waals surface area contributed by atoms with Gasteiger partial charge >= 0.3 is 35.8 Å². The van der Waals surface area contributed by atoms with Gasteiger partial charge in [-0.2, -0.15) is 0 Å². The minimum absolute atomic E-state index is 0.0576. The number of hydrogen-bond donors (Lipinski definition) is 1. The van der Waals surface area contributed by atoms with Crippen molar-refractivity contribution in [2.24, 2.45) is 0 Å². The van der Waals surface area contributed by atoms with Crippen molar-refractivity contribution in [3.63, 3.8) is 0 Å². The topological polar surface area (TPSA) is 256 Å². The molecule has 10 atom stereocenters. The van der Waals surface area contributed by atoms with E-state index in [-0.39, 0.29) is 22.3 Å². The van der Waals surface area contributed by atoms with E-state index >= 15 is 0 Å². The average molecular weight is 992 g/mol. The smallest absolute Gasteiger partial charge is 0.338 e. The molecule has 23 heteroatoms. The lowest BCUT2D eigenvalue weighted by atomic mass is 9.93. The first-order chi connectivity index (χ1) is 31.7. The van der Waals surface area contributed by atoms with E-state index in [2.05, 4.69) is 0 Å². The molecule has 67 heavy (non-hydrogen) atoms. The zero-order chi connectivity index (χ0) is 48.7. The van der Waals surface area contributed by atoms with Gasteiger partial charge in [0.15, 0.2) is 30.7 Å². The molecule has 3 aromatic carbocycles. The standard InChI is InChI=1S/C44H41Cl3N2O18/c1-21(50)58-19-29-32(60-22(2)51)34(62-24(4)53)31(49-37(54)27-17-11-12-18-28(27)38(49)55)41(63-29)66-35-33(61-23(3)52)30(20-59-39(56)25-13-7-5-8-14-25)64-42(67-43(48)44(45,46)47)36(35)65-40(57)26-15-9-6-10-16-26/h5-18,29-36,41-42,48H,19-20H2,1-4H3/t29-,30-,31-,32+,33+,34-,35+,36-,41+,42+/m1/s1. The van der Waals surface area contributed by atoms with E-state index in [9.17, 15) is 38.4 Å². The second kappa shape index (κ2) is 21.6. The van der Waals surface area contributed by atoms with Crippen LogP contribution in [0.2, 0.25) is 0 Å². The Hall–Kier alpha value is -6.16. The van der Waals surface area contributed by atoms with Gasteiger partial charge in [0.05, 0.1) is 22.3 Å². The molecule has 0 aromatic heterocycles. The molecule has 20 nitrogen and oxygen atoms in total. The fourth-order valence-electron chi connectivity index (χ4n) is 7.39. The van der Waals surface area contributed by atoms with Crippen LogP contribution in [0.25, 0.3) is 0 Å². The van der Waals surface area contributed by atoms with E-state index in [1.165, 1.54) is 60.7 Å². The summed E-state index contributed by atoms with van der Waals surface area (Å²) in [7, 11) is 0. The van der Waals surface area contributed by atoms with Crippen molar-refractivity contribution < 1.29 is 85.7 Å². The largest absolute Gasteiger partial charge is 0.463 e. The van der Waals surface area contributed by atoms with Gasteiger partial charge in [-0.3, -0.25) is 39.1 Å². The van der Waals surface area contributed by atoms with Crippen LogP contribution in [0.15, 0.2) is 84.9 Å². The van der Waals surface area contributed by atoms with Crippen molar-refractivity contribution in [3.05, 3.63) is 107 Å². The lowest BCUT2D eigenvalue weighted by molar-refractivity contribution is -0.344. The predicted octanol–water partition coefficient (Wildman–Crippen LogP) is 4.29. The molecule has 0 saturated carbocycles. The fourth-order valence-corrected chi connectivity index (χ4v) is 7.52. The number of halogens is 3. The summed E-state index contributed by atoms with van der Waals surface area (Å²) < 4.78 is 56.2. The Labute approximate surface area is 396 Å². The zero-order valence-corrected chi connectivity index (χ0v) is 38.0. The number of amides is 2. The first kappa shape index (κ1) is 50.3. The Bertz CT molecular complexity index is 2350. The summed E-state index contributed by atoms with van der Waals surface area (Å²) in [5.41, 5.74) is -0.168. The summed E-state index contributed by atoms with van der Waals surface area (Å²) in [4.78, 5) is 108. The Kier molecular flexibility index (Phi) is 16.2. The highest BCUT2D eigenvalue weighted by molar-refractivity contribution is 6.76. The third-order valence-corrected chi connectivity index (χ3v) is 10.6. The highest BCUT2D eigenvalue weighted by Gasteiger charge is 2.61. The van der Waals surface area contributed by atoms with Crippen LogP contribution in [0.1, 0.15) is 69.1 Å². The fraction of sp³-hybridized carbons (Fsp3) is 0.386. The van der Waals surface area contributed by atoms with Crippen LogP contribution < -0.4 is 0 Å². The number of ether oxygens (including phenoxy) is 10. The van der Waals surface area contributed by atoms with Gasteiger partial charge in [-0.15, -0.1) is 0 Å². The number of hydrogen-bond acceptors (Lipinski definition) is 19. The first-order valence-corrected chi connectivity index (χ1v) is 21.3. The molecule has 3 aliphatic rings. The highest BCUT2D eigenvalue weighted by Crippen LogP contribution is 2.40. The maximum Gasteiger partial charge on any atom is 0.338 e. The number of imide groups is 1. The molecule has 2 saturated heterocycles. The van der Waals surface area contributed by atoms with Gasteiger partial charge in [0.2, 0.25) is 12.2 Å². The van der Waals surface area contributed by atoms with Crippen LogP contribution in [-0.4, -0.2) is 137 Å². The Morgan fingerprint density at radius 1 is 0.552 bits per heavy atom. The molecule has 3 heterocycles. The maximum absolute atomic E-state index is 14.4. The predicted molar refractivity (Wildman–Crippen MR) is 228 cm³/mol. The Balaban J connectivity index is 1.55. The van der Waals surface area contributed by atoms with E-state index in [0.717, 1.165) is 27.7 Å². The van der Waals surface area contributed by atoms with Crippen LogP contribution in [0, 0.1) is 5.41 Å². The number of rotatable bonds is 14.